The Morgan fingerprint density at radius 3 is 2.12 bits per heavy atom. The summed E-state index contributed by atoms with van der Waals surface area (Å²) >= 11 is 0. The van der Waals surface area contributed by atoms with Crippen molar-refractivity contribution in [3.05, 3.63) is 108 Å². The molecule has 0 heterocycles. The smallest absolute Gasteiger partial charge is 0.0454 e. The fourth-order valence-corrected chi connectivity index (χ4v) is 5.52. The van der Waals surface area contributed by atoms with Crippen LogP contribution < -0.4 is 4.90 Å². The van der Waals surface area contributed by atoms with E-state index in [-0.39, 0.29) is 17.4 Å². The number of aryl methyl sites for hydroxylation is 1. The lowest BCUT2D eigenvalue weighted by atomic mass is 9.81. The van der Waals surface area contributed by atoms with E-state index in [1.165, 1.54) is 33.4 Å². The van der Waals surface area contributed by atoms with Crippen molar-refractivity contribution in [2.45, 2.75) is 58.9 Å². The summed E-state index contributed by atoms with van der Waals surface area (Å²) in [5.74, 6) is 0. The van der Waals surface area contributed by atoms with Gasteiger partial charge in [-0.2, -0.15) is 0 Å². The zero-order chi connectivity index (χ0) is 25.0. The minimum Gasteiger partial charge on any atom is -0.336 e. The van der Waals surface area contributed by atoms with Gasteiger partial charge in [-0.3, -0.25) is 0 Å². The van der Waals surface area contributed by atoms with Crippen molar-refractivity contribution in [2.75, 3.05) is 4.90 Å². The lowest BCUT2D eigenvalue weighted by Gasteiger charge is -2.40. The van der Waals surface area contributed by atoms with Crippen LogP contribution in [0.15, 0.2) is 91.0 Å². The van der Waals surface area contributed by atoms with Gasteiger partial charge in [-0.25, -0.2) is 0 Å². The molecule has 4 aromatic rings. The normalized spacial score (nSPS) is 15.3. The van der Waals surface area contributed by atoms with E-state index < -0.39 is 0 Å². The van der Waals surface area contributed by atoms with Gasteiger partial charge in [0.05, 0.1) is 0 Å². The lowest BCUT2D eigenvalue weighted by molar-refractivity contribution is 0.558. The predicted octanol–water partition coefficient (Wildman–Crippen LogP) is 9.16. The van der Waals surface area contributed by atoms with E-state index >= 15 is 0 Å². The molecule has 0 fully saturated rings. The number of hydrogen-bond donors (Lipinski definition) is 0. The highest BCUT2D eigenvalue weighted by Crippen LogP contribution is 2.51. The highest BCUT2D eigenvalue weighted by Gasteiger charge is 2.37. The molecule has 5 rings (SSSR count). The molecule has 172 valence electrons. The summed E-state index contributed by atoms with van der Waals surface area (Å²) in [6.45, 7) is 13.4. The third kappa shape index (κ3) is 3.64. The zero-order valence-corrected chi connectivity index (χ0v) is 21.2. The zero-order valence-electron chi connectivity index (χ0n) is 22.2. The Kier molecular flexibility index (Phi) is 5.10. The summed E-state index contributed by atoms with van der Waals surface area (Å²) in [5.41, 5.74) is 10.8. The van der Waals surface area contributed by atoms with E-state index in [9.17, 15) is 0 Å². The molecule has 0 spiro atoms. The number of rotatable bonds is 4. The number of nitrogens with zero attached hydrogens (tertiary/aromatic N) is 1. The molecule has 0 amide bonds. The molecule has 4 aromatic carbocycles. The largest absolute Gasteiger partial charge is 0.336 e. The second-order valence-corrected chi connectivity index (χ2v) is 10.8. The first-order valence-electron chi connectivity index (χ1n) is 12.8. The summed E-state index contributed by atoms with van der Waals surface area (Å²) in [6, 6.07) is 32.8. The number of hydrogen-bond acceptors (Lipinski definition) is 1. The second kappa shape index (κ2) is 8.17. The third-order valence-corrected chi connectivity index (χ3v) is 7.16. The van der Waals surface area contributed by atoms with E-state index in [0.717, 1.165) is 16.9 Å². The quantitative estimate of drug-likeness (QED) is 0.302. The van der Waals surface area contributed by atoms with Crippen LogP contribution >= 0.6 is 0 Å². The topological polar surface area (TPSA) is 3.24 Å². The number of anilines is 2. The van der Waals surface area contributed by atoms with Gasteiger partial charge in [-0.15, -0.1) is 0 Å². The van der Waals surface area contributed by atoms with Crippen LogP contribution in [0, 0.1) is 0 Å². The fourth-order valence-electron chi connectivity index (χ4n) is 5.52. The fraction of sp³-hybridized carbons (Fsp3) is 0.273. The minimum absolute atomic E-state index is 0.0755. The number of benzene rings is 4. The van der Waals surface area contributed by atoms with Crippen LogP contribution in [-0.2, 0) is 11.8 Å². The van der Waals surface area contributed by atoms with Crippen molar-refractivity contribution in [1.82, 2.24) is 0 Å². The van der Waals surface area contributed by atoms with Crippen LogP contribution in [0.1, 0.15) is 59.6 Å². The molecule has 1 atom stereocenters. The number of fused-ring (bicyclic) bond motifs is 3. The molecule has 0 saturated carbocycles. The van der Waals surface area contributed by atoms with Crippen LogP contribution in [-0.4, -0.2) is 5.54 Å². The van der Waals surface area contributed by atoms with Crippen LogP contribution in [0.25, 0.3) is 22.3 Å². The Hall–Kier alpha value is -3.32. The van der Waals surface area contributed by atoms with Gasteiger partial charge in [0.1, 0.15) is 0 Å². The van der Waals surface area contributed by atoms with Gasteiger partial charge in [0, 0.05) is 23.7 Å². The molecule has 1 heteroatoms. The molecular weight excluding hydrogens is 410 g/mol. The van der Waals surface area contributed by atoms with E-state index in [4.69, 9.17) is 1.37 Å². The average molecular weight is 447 g/mol. The molecule has 0 saturated heterocycles. The molecule has 0 aromatic heterocycles. The maximum atomic E-state index is 8.82. The first-order valence-corrected chi connectivity index (χ1v) is 12.3. The minimum atomic E-state index is -0.336. The van der Waals surface area contributed by atoms with Crippen LogP contribution in [0.3, 0.4) is 0 Å². The molecule has 0 N–H and O–H groups in total. The molecule has 0 bridgehead atoms. The summed E-state index contributed by atoms with van der Waals surface area (Å²) in [4.78, 5) is 2.42. The Labute approximate surface area is 206 Å². The maximum absolute atomic E-state index is 8.82. The van der Waals surface area contributed by atoms with Crippen LogP contribution in [0.5, 0.6) is 0 Å². The van der Waals surface area contributed by atoms with Crippen molar-refractivity contribution < 1.29 is 1.37 Å². The third-order valence-electron chi connectivity index (χ3n) is 7.16. The van der Waals surface area contributed by atoms with Gasteiger partial charge in [-0.1, -0.05) is 93.6 Å². The Bertz CT molecular complexity index is 1380. The standard InChI is InChI=1S/C33H35N/c1-7-23-21-30-28(27-18-11-12-19-29(27)33(30,5)6)22-31(23)34(32(2,3)4)26-17-13-16-25(20-26)24-14-9-8-10-15-24/h8-22H,7H2,1-6H3/i7D. The molecule has 0 radical (unpaired) electrons. The monoisotopic (exact) mass is 446 g/mol. The Balaban J connectivity index is 1.75. The van der Waals surface area contributed by atoms with Crippen molar-refractivity contribution in [2.24, 2.45) is 0 Å². The van der Waals surface area contributed by atoms with Crippen molar-refractivity contribution in [3.63, 3.8) is 0 Å². The lowest BCUT2D eigenvalue weighted by Crippen LogP contribution is -2.38. The molecule has 1 aliphatic rings. The molecule has 1 aliphatic carbocycles. The van der Waals surface area contributed by atoms with E-state index in [2.05, 4.69) is 131 Å². The first kappa shape index (κ1) is 21.2. The van der Waals surface area contributed by atoms with Crippen LogP contribution in [0.4, 0.5) is 11.4 Å². The van der Waals surface area contributed by atoms with Gasteiger partial charge in [-0.05, 0) is 84.3 Å². The molecule has 0 aliphatic heterocycles. The second-order valence-electron chi connectivity index (χ2n) is 10.8. The van der Waals surface area contributed by atoms with Crippen LogP contribution in [0.2, 0.25) is 0 Å². The SMILES string of the molecule is [2H]C(C)c1cc2c(cc1N(c1cccc(-c3ccccc3)c1)C(C)(C)C)-c1ccccc1C2(C)C. The predicted molar refractivity (Wildman–Crippen MR) is 147 cm³/mol. The average Bonchev–Trinajstić information content (AvgIpc) is 3.05. The van der Waals surface area contributed by atoms with Gasteiger partial charge in [0.2, 0.25) is 0 Å². The van der Waals surface area contributed by atoms with Gasteiger partial charge < -0.3 is 4.90 Å². The van der Waals surface area contributed by atoms with Crippen molar-refractivity contribution in [1.29, 1.82) is 0 Å². The molecule has 34 heavy (non-hydrogen) atoms. The van der Waals surface area contributed by atoms with Gasteiger partial charge in [0.25, 0.3) is 0 Å². The van der Waals surface area contributed by atoms with Gasteiger partial charge >= 0.3 is 0 Å². The van der Waals surface area contributed by atoms with E-state index in [1.807, 2.05) is 6.92 Å². The first-order chi connectivity index (χ1) is 16.6. The Morgan fingerprint density at radius 2 is 1.41 bits per heavy atom. The highest BCUT2D eigenvalue weighted by atomic mass is 15.2. The summed E-state index contributed by atoms with van der Waals surface area (Å²) in [6.07, 6.45) is -0.336. The maximum Gasteiger partial charge on any atom is 0.0454 e. The molecule has 1 nitrogen and oxygen atoms in total. The molecular formula is C33H35N. The van der Waals surface area contributed by atoms with Crippen molar-refractivity contribution >= 4 is 11.4 Å². The van der Waals surface area contributed by atoms with Gasteiger partial charge in [0.15, 0.2) is 0 Å². The van der Waals surface area contributed by atoms with E-state index in [0.29, 0.717) is 0 Å². The summed E-state index contributed by atoms with van der Waals surface area (Å²) in [5, 5.41) is 0. The Morgan fingerprint density at radius 1 is 0.735 bits per heavy atom. The van der Waals surface area contributed by atoms with E-state index in [1.54, 1.807) is 0 Å². The summed E-state index contributed by atoms with van der Waals surface area (Å²) in [7, 11) is 0. The highest BCUT2D eigenvalue weighted by molar-refractivity contribution is 5.86. The summed E-state index contributed by atoms with van der Waals surface area (Å²) < 4.78 is 8.82. The van der Waals surface area contributed by atoms with Crippen molar-refractivity contribution in [3.8, 4) is 22.3 Å². The molecule has 1 unspecified atom stereocenters.